The van der Waals surface area contributed by atoms with Crippen LogP contribution in [0.15, 0.2) is 34.9 Å². The molecule has 5 heteroatoms. The van der Waals surface area contributed by atoms with E-state index in [0.29, 0.717) is 17.9 Å². The molecule has 0 saturated heterocycles. The number of rotatable bonds is 2. The maximum Gasteiger partial charge on any atom is 0.136 e. The summed E-state index contributed by atoms with van der Waals surface area (Å²) in [6, 6.07) is 6.57. The van der Waals surface area contributed by atoms with Crippen LogP contribution in [-0.2, 0) is 6.54 Å². The van der Waals surface area contributed by atoms with E-state index in [9.17, 15) is 4.39 Å². The third-order valence-corrected chi connectivity index (χ3v) is 2.72. The summed E-state index contributed by atoms with van der Waals surface area (Å²) < 4.78 is 15.6. The van der Waals surface area contributed by atoms with E-state index in [1.807, 2.05) is 0 Å². The van der Waals surface area contributed by atoms with Crippen molar-refractivity contribution in [1.29, 1.82) is 0 Å². The van der Waals surface area contributed by atoms with Crippen LogP contribution in [0, 0.1) is 5.82 Å². The Labute approximate surface area is 94.8 Å². The van der Waals surface area contributed by atoms with Crippen LogP contribution in [0.2, 0.25) is 0 Å². The van der Waals surface area contributed by atoms with E-state index >= 15 is 0 Å². The normalized spacial score (nSPS) is 10.5. The van der Waals surface area contributed by atoms with E-state index < -0.39 is 0 Å². The smallest absolute Gasteiger partial charge is 0.136 e. The van der Waals surface area contributed by atoms with Crippen LogP contribution >= 0.6 is 15.9 Å². The van der Waals surface area contributed by atoms with Gasteiger partial charge in [-0.15, -0.1) is 0 Å². The molecule has 0 atom stereocenters. The summed E-state index contributed by atoms with van der Waals surface area (Å²) in [7, 11) is 0. The molecule has 0 aliphatic carbocycles. The molecule has 1 aromatic heterocycles. The minimum atomic E-state index is -0.247. The summed E-state index contributed by atoms with van der Waals surface area (Å²) in [5, 5.41) is 4.03. The Morgan fingerprint density at radius 2 is 2.13 bits per heavy atom. The van der Waals surface area contributed by atoms with E-state index in [4.69, 9.17) is 5.73 Å². The highest BCUT2D eigenvalue weighted by molar-refractivity contribution is 9.10. The summed E-state index contributed by atoms with van der Waals surface area (Å²) >= 11 is 3.25. The van der Waals surface area contributed by atoms with E-state index in [0.717, 1.165) is 4.47 Å². The second-order valence-electron chi connectivity index (χ2n) is 3.13. The average molecular weight is 270 g/mol. The Bertz CT molecular complexity index is 481. The van der Waals surface area contributed by atoms with E-state index in [1.165, 1.54) is 6.07 Å². The zero-order chi connectivity index (χ0) is 10.8. The minimum Gasteiger partial charge on any atom is -0.383 e. The number of halogens is 2. The molecule has 0 radical (unpaired) electrons. The summed E-state index contributed by atoms with van der Waals surface area (Å²) in [6.07, 6.45) is 1.59. The topological polar surface area (TPSA) is 43.8 Å². The molecule has 0 spiro atoms. The van der Waals surface area contributed by atoms with Gasteiger partial charge in [0.1, 0.15) is 11.6 Å². The molecular weight excluding hydrogens is 261 g/mol. The fourth-order valence-corrected chi connectivity index (χ4v) is 1.58. The fraction of sp³-hybridized carbons (Fsp3) is 0.100. The van der Waals surface area contributed by atoms with E-state index in [-0.39, 0.29) is 5.82 Å². The number of nitrogens with zero attached hydrogens (tertiary/aromatic N) is 2. The maximum atomic E-state index is 13.3. The first-order valence-electron chi connectivity index (χ1n) is 4.38. The van der Waals surface area contributed by atoms with Crippen LogP contribution in [0.3, 0.4) is 0 Å². The summed E-state index contributed by atoms with van der Waals surface area (Å²) in [4.78, 5) is 0. The van der Waals surface area contributed by atoms with Crippen molar-refractivity contribution in [3.63, 3.8) is 0 Å². The molecule has 2 rings (SSSR count). The first-order chi connectivity index (χ1) is 7.18. The molecule has 2 N–H and O–H groups in total. The molecule has 1 aromatic carbocycles. The fourth-order valence-electron chi connectivity index (χ4n) is 1.29. The number of aromatic nitrogens is 2. The molecule has 15 heavy (non-hydrogen) atoms. The SMILES string of the molecule is Nc1c(Br)cnn1Cc1ccccc1F. The number of nitrogen functional groups attached to an aromatic ring is 1. The van der Waals surface area contributed by atoms with E-state index in [1.54, 1.807) is 29.1 Å². The van der Waals surface area contributed by atoms with Crippen molar-refractivity contribution < 1.29 is 4.39 Å². The molecule has 0 aliphatic heterocycles. The molecule has 2 aromatic rings. The molecule has 78 valence electrons. The maximum absolute atomic E-state index is 13.3. The highest BCUT2D eigenvalue weighted by Gasteiger charge is 2.07. The predicted octanol–water partition coefficient (Wildman–Crippen LogP) is 2.42. The van der Waals surface area contributed by atoms with Gasteiger partial charge >= 0.3 is 0 Å². The molecule has 1 heterocycles. The van der Waals surface area contributed by atoms with Crippen LogP contribution < -0.4 is 5.73 Å². The molecule has 0 aliphatic rings. The number of benzene rings is 1. The van der Waals surface area contributed by atoms with Crippen molar-refractivity contribution in [2.45, 2.75) is 6.54 Å². The van der Waals surface area contributed by atoms with Crippen molar-refractivity contribution in [2.75, 3.05) is 5.73 Å². The second kappa shape index (κ2) is 4.02. The van der Waals surface area contributed by atoms with Gasteiger partial charge in [0.05, 0.1) is 17.2 Å². The van der Waals surface area contributed by atoms with Gasteiger partial charge in [-0.05, 0) is 22.0 Å². The molecular formula is C10H9BrFN3. The van der Waals surface area contributed by atoms with Gasteiger partial charge in [-0.3, -0.25) is 0 Å². The van der Waals surface area contributed by atoms with Crippen molar-refractivity contribution in [2.24, 2.45) is 0 Å². The van der Waals surface area contributed by atoms with Crippen molar-refractivity contribution in [1.82, 2.24) is 9.78 Å². The molecule has 0 fully saturated rings. The third-order valence-electron chi connectivity index (χ3n) is 2.11. The van der Waals surface area contributed by atoms with Gasteiger partial charge in [-0.1, -0.05) is 18.2 Å². The van der Waals surface area contributed by atoms with Gasteiger partial charge in [0.25, 0.3) is 0 Å². The largest absolute Gasteiger partial charge is 0.383 e. The number of hydrogen-bond acceptors (Lipinski definition) is 2. The first kappa shape index (κ1) is 10.2. The zero-order valence-corrected chi connectivity index (χ0v) is 9.41. The summed E-state index contributed by atoms with van der Waals surface area (Å²) in [6.45, 7) is 0.337. The number of hydrogen-bond donors (Lipinski definition) is 1. The molecule has 3 nitrogen and oxygen atoms in total. The third kappa shape index (κ3) is 2.02. The quantitative estimate of drug-likeness (QED) is 0.910. The minimum absolute atomic E-state index is 0.247. The number of nitrogens with two attached hydrogens (primary N) is 1. The Kier molecular flexibility index (Phi) is 2.73. The predicted molar refractivity (Wildman–Crippen MR) is 59.8 cm³/mol. The summed E-state index contributed by atoms with van der Waals surface area (Å²) in [5.74, 6) is 0.252. The van der Waals surface area contributed by atoms with Crippen LogP contribution in [0.1, 0.15) is 5.56 Å². The van der Waals surface area contributed by atoms with Gasteiger partial charge in [-0.25, -0.2) is 9.07 Å². The molecule has 0 saturated carbocycles. The van der Waals surface area contributed by atoms with Gasteiger partial charge in [0, 0.05) is 5.56 Å². The number of anilines is 1. The van der Waals surface area contributed by atoms with Crippen LogP contribution in [0.25, 0.3) is 0 Å². The molecule has 0 unspecified atom stereocenters. The second-order valence-corrected chi connectivity index (χ2v) is 3.98. The van der Waals surface area contributed by atoms with Gasteiger partial charge in [0.15, 0.2) is 0 Å². The lowest BCUT2D eigenvalue weighted by molar-refractivity contribution is 0.587. The van der Waals surface area contributed by atoms with Gasteiger partial charge in [-0.2, -0.15) is 5.10 Å². The van der Waals surface area contributed by atoms with Crippen molar-refractivity contribution >= 4 is 21.7 Å². The van der Waals surface area contributed by atoms with Crippen LogP contribution in [0.5, 0.6) is 0 Å². The highest BCUT2D eigenvalue weighted by atomic mass is 79.9. The van der Waals surface area contributed by atoms with Gasteiger partial charge < -0.3 is 5.73 Å². The lowest BCUT2D eigenvalue weighted by atomic mass is 10.2. The van der Waals surface area contributed by atoms with Crippen molar-refractivity contribution in [3.05, 3.63) is 46.3 Å². The average Bonchev–Trinajstić information content (AvgIpc) is 2.53. The Balaban J connectivity index is 2.30. The Hall–Kier alpha value is -1.36. The molecule has 0 amide bonds. The highest BCUT2D eigenvalue weighted by Crippen LogP contribution is 2.19. The Morgan fingerprint density at radius 3 is 2.73 bits per heavy atom. The van der Waals surface area contributed by atoms with Gasteiger partial charge in [0.2, 0.25) is 0 Å². The zero-order valence-electron chi connectivity index (χ0n) is 7.82. The van der Waals surface area contributed by atoms with Crippen molar-refractivity contribution in [3.8, 4) is 0 Å². The molecule has 0 bridgehead atoms. The summed E-state index contributed by atoms with van der Waals surface area (Å²) in [5.41, 5.74) is 6.30. The lowest BCUT2D eigenvalue weighted by Crippen LogP contribution is -2.07. The van der Waals surface area contributed by atoms with E-state index in [2.05, 4.69) is 21.0 Å². The van der Waals surface area contributed by atoms with Crippen LogP contribution in [0.4, 0.5) is 10.2 Å². The lowest BCUT2D eigenvalue weighted by Gasteiger charge is -2.05. The standard InChI is InChI=1S/C10H9BrFN3/c11-8-5-14-15(10(8)13)6-7-3-1-2-4-9(7)12/h1-5H,6,13H2. The first-order valence-corrected chi connectivity index (χ1v) is 5.18. The Morgan fingerprint density at radius 1 is 1.40 bits per heavy atom. The van der Waals surface area contributed by atoms with Crippen LogP contribution in [-0.4, -0.2) is 9.78 Å². The monoisotopic (exact) mass is 269 g/mol.